The first-order valence-electron chi connectivity index (χ1n) is 6.02. The van der Waals surface area contributed by atoms with Crippen LogP contribution in [0.1, 0.15) is 12.0 Å². The van der Waals surface area contributed by atoms with E-state index in [9.17, 15) is 9.59 Å². The second-order valence-corrected chi connectivity index (χ2v) is 6.03. The predicted octanol–water partition coefficient (Wildman–Crippen LogP) is 2.21. The first kappa shape index (κ1) is 14.2. The largest absolute Gasteiger partial charge is 0.354 e. The fourth-order valence-corrected chi connectivity index (χ4v) is 3.01. The van der Waals surface area contributed by atoms with E-state index >= 15 is 0 Å². The number of hydrogen-bond acceptors (Lipinski definition) is 3. The molecule has 102 valence electrons. The van der Waals surface area contributed by atoms with Crippen molar-refractivity contribution in [2.75, 3.05) is 17.6 Å². The van der Waals surface area contributed by atoms with Crippen LogP contribution in [0.15, 0.2) is 18.2 Å². The average Bonchev–Trinajstić information content (AvgIpc) is 2.38. The summed E-state index contributed by atoms with van der Waals surface area (Å²) < 4.78 is 0. The lowest BCUT2D eigenvalue weighted by molar-refractivity contribution is -0.123. The summed E-state index contributed by atoms with van der Waals surface area (Å²) in [5.41, 5.74) is 1.52. The third kappa shape index (κ3) is 3.64. The number of benzene rings is 1. The molecule has 4 nitrogen and oxygen atoms in total. The molecular formula is C13H15ClN2O2S. The lowest BCUT2D eigenvalue weighted by Crippen LogP contribution is -2.40. The van der Waals surface area contributed by atoms with E-state index in [2.05, 4.69) is 10.6 Å². The van der Waals surface area contributed by atoms with Gasteiger partial charge in [-0.2, -0.15) is 0 Å². The van der Waals surface area contributed by atoms with Crippen LogP contribution < -0.4 is 10.6 Å². The molecule has 0 radical (unpaired) electrons. The van der Waals surface area contributed by atoms with E-state index in [-0.39, 0.29) is 23.5 Å². The van der Waals surface area contributed by atoms with Gasteiger partial charge in [0.2, 0.25) is 11.8 Å². The van der Waals surface area contributed by atoms with Crippen molar-refractivity contribution in [2.24, 2.45) is 0 Å². The number of anilines is 1. The number of nitrogens with one attached hydrogen (secondary N) is 2. The van der Waals surface area contributed by atoms with Gasteiger partial charge in [0.25, 0.3) is 0 Å². The van der Waals surface area contributed by atoms with Gasteiger partial charge in [-0.25, -0.2) is 0 Å². The van der Waals surface area contributed by atoms with Crippen LogP contribution in [-0.4, -0.2) is 29.4 Å². The van der Waals surface area contributed by atoms with Gasteiger partial charge in [-0.05, 0) is 24.6 Å². The molecule has 0 aliphatic carbocycles. The van der Waals surface area contributed by atoms with Crippen LogP contribution in [0.5, 0.6) is 0 Å². The Hall–Kier alpha value is -1.20. The number of thioether (sulfide) groups is 1. The Kier molecular flexibility index (Phi) is 4.71. The molecule has 0 unspecified atom stereocenters. The monoisotopic (exact) mass is 298 g/mol. The smallest absolute Gasteiger partial charge is 0.233 e. The maximum absolute atomic E-state index is 11.9. The molecule has 1 saturated heterocycles. The first-order valence-corrected chi connectivity index (χ1v) is 7.45. The number of rotatable bonds is 3. The van der Waals surface area contributed by atoms with Gasteiger partial charge in [0.1, 0.15) is 0 Å². The predicted molar refractivity (Wildman–Crippen MR) is 78.7 cm³/mol. The second-order valence-electron chi connectivity index (χ2n) is 4.32. The van der Waals surface area contributed by atoms with E-state index < -0.39 is 0 Å². The van der Waals surface area contributed by atoms with Gasteiger partial charge in [0.15, 0.2) is 0 Å². The molecule has 0 bridgehead atoms. The standard InChI is InChI=1S/C13H15ClN2O2S/c1-8-9(14)3-2-4-10(8)16-12(17)7-11-13(18)15-5-6-19-11/h2-4,11H,5-7H2,1H3,(H,15,18)(H,16,17)/t11-/m0/s1. The minimum absolute atomic E-state index is 0.0609. The molecule has 19 heavy (non-hydrogen) atoms. The zero-order valence-electron chi connectivity index (χ0n) is 10.5. The van der Waals surface area contributed by atoms with Gasteiger partial charge in [-0.3, -0.25) is 9.59 Å². The molecule has 0 saturated carbocycles. The summed E-state index contributed by atoms with van der Waals surface area (Å²) in [5.74, 6) is 0.619. The van der Waals surface area contributed by atoms with Crippen molar-refractivity contribution in [2.45, 2.75) is 18.6 Å². The second kappa shape index (κ2) is 6.30. The Bertz CT molecular complexity index is 507. The summed E-state index contributed by atoms with van der Waals surface area (Å²) in [6.45, 7) is 2.52. The Morgan fingerprint density at radius 1 is 1.58 bits per heavy atom. The van der Waals surface area contributed by atoms with Crippen molar-refractivity contribution >= 4 is 40.9 Å². The Labute approximate surface area is 121 Å². The molecule has 1 heterocycles. The fourth-order valence-electron chi connectivity index (χ4n) is 1.83. The summed E-state index contributed by atoms with van der Waals surface area (Å²) in [5, 5.41) is 5.88. The van der Waals surface area contributed by atoms with Gasteiger partial charge in [-0.1, -0.05) is 17.7 Å². The van der Waals surface area contributed by atoms with Crippen molar-refractivity contribution < 1.29 is 9.59 Å². The van der Waals surface area contributed by atoms with Crippen LogP contribution in [0.3, 0.4) is 0 Å². The molecule has 1 aromatic rings. The summed E-state index contributed by atoms with van der Waals surface area (Å²) >= 11 is 7.51. The minimum atomic E-state index is -0.298. The first-order chi connectivity index (χ1) is 9.08. The normalized spacial score (nSPS) is 18.8. The van der Waals surface area contributed by atoms with Gasteiger partial charge >= 0.3 is 0 Å². The van der Waals surface area contributed by atoms with Gasteiger partial charge in [-0.15, -0.1) is 11.8 Å². The molecule has 1 aliphatic rings. The fraction of sp³-hybridized carbons (Fsp3) is 0.385. The quantitative estimate of drug-likeness (QED) is 0.899. The van der Waals surface area contributed by atoms with Crippen LogP contribution in [0, 0.1) is 6.92 Å². The van der Waals surface area contributed by atoms with Crippen LogP contribution >= 0.6 is 23.4 Å². The van der Waals surface area contributed by atoms with Gasteiger partial charge < -0.3 is 10.6 Å². The van der Waals surface area contributed by atoms with E-state index in [1.807, 2.05) is 6.92 Å². The Morgan fingerprint density at radius 2 is 2.37 bits per heavy atom. The van der Waals surface area contributed by atoms with Crippen LogP contribution in [0.4, 0.5) is 5.69 Å². The van der Waals surface area contributed by atoms with E-state index in [0.717, 1.165) is 11.3 Å². The van der Waals surface area contributed by atoms with Crippen LogP contribution in [-0.2, 0) is 9.59 Å². The van der Waals surface area contributed by atoms with Gasteiger partial charge in [0.05, 0.1) is 5.25 Å². The summed E-state index contributed by atoms with van der Waals surface area (Å²) in [4.78, 5) is 23.5. The molecule has 0 spiro atoms. The highest BCUT2D eigenvalue weighted by atomic mass is 35.5. The van der Waals surface area contributed by atoms with Crippen LogP contribution in [0.2, 0.25) is 5.02 Å². The lowest BCUT2D eigenvalue weighted by atomic mass is 10.2. The van der Waals surface area contributed by atoms with E-state index in [1.165, 1.54) is 11.8 Å². The van der Waals surface area contributed by atoms with Crippen molar-refractivity contribution in [1.29, 1.82) is 0 Å². The Morgan fingerprint density at radius 3 is 3.11 bits per heavy atom. The number of carbonyl (C=O) groups excluding carboxylic acids is 2. The molecule has 2 rings (SSSR count). The van der Waals surface area contributed by atoms with E-state index in [0.29, 0.717) is 17.3 Å². The maximum Gasteiger partial charge on any atom is 0.233 e. The molecule has 0 aromatic heterocycles. The highest BCUT2D eigenvalue weighted by Crippen LogP contribution is 2.24. The number of carbonyl (C=O) groups is 2. The van der Waals surface area contributed by atoms with Crippen molar-refractivity contribution in [1.82, 2.24) is 5.32 Å². The third-order valence-corrected chi connectivity index (χ3v) is 4.56. The Balaban J connectivity index is 1.97. The number of amides is 2. The lowest BCUT2D eigenvalue weighted by Gasteiger charge is -2.21. The highest BCUT2D eigenvalue weighted by molar-refractivity contribution is 8.00. The zero-order valence-corrected chi connectivity index (χ0v) is 12.1. The van der Waals surface area contributed by atoms with Crippen molar-refractivity contribution in [3.05, 3.63) is 28.8 Å². The molecular weight excluding hydrogens is 284 g/mol. The van der Waals surface area contributed by atoms with Gasteiger partial charge in [0, 0.05) is 29.4 Å². The SMILES string of the molecule is Cc1c(Cl)cccc1NC(=O)C[C@@H]1SCCNC1=O. The van der Waals surface area contributed by atoms with Crippen molar-refractivity contribution in [3.8, 4) is 0 Å². The molecule has 1 aromatic carbocycles. The molecule has 1 atom stereocenters. The van der Waals surface area contributed by atoms with E-state index in [1.54, 1.807) is 18.2 Å². The van der Waals surface area contributed by atoms with Crippen LogP contribution in [0.25, 0.3) is 0 Å². The molecule has 6 heteroatoms. The number of halogens is 1. The molecule has 2 amide bonds. The molecule has 1 fully saturated rings. The maximum atomic E-state index is 11.9. The summed E-state index contributed by atoms with van der Waals surface area (Å²) in [6.07, 6.45) is 0.183. The molecule has 2 N–H and O–H groups in total. The summed E-state index contributed by atoms with van der Waals surface area (Å²) in [7, 11) is 0. The zero-order chi connectivity index (χ0) is 13.8. The topological polar surface area (TPSA) is 58.2 Å². The third-order valence-electron chi connectivity index (χ3n) is 2.93. The van der Waals surface area contributed by atoms with E-state index in [4.69, 9.17) is 11.6 Å². The summed E-state index contributed by atoms with van der Waals surface area (Å²) in [6, 6.07) is 5.36. The minimum Gasteiger partial charge on any atom is -0.354 e. The highest BCUT2D eigenvalue weighted by Gasteiger charge is 2.25. The van der Waals surface area contributed by atoms with Crippen molar-refractivity contribution in [3.63, 3.8) is 0 Å². The average molecular weight is 299 g/mol. The number of hydrogen-bond donors (Lipinski definition) is 2. The molecule has 1 aliphatic heterocycles.